The molecule has 0 atom stereocenters. The van der Waals surface area contributed by atoms with E-state index in [2.05, 4.69) is 44.0 Å². The molecule has 2 aromatic heterocycles. The summed E-state index contributed by atoms with van der Waals surface area (Å²) in [4.78, 5) is 12.6. The van der Waals surface area contributed by atoms with Gasteiger partial charge in [0.2, 0.25) is 0 Å². The number of hydrogen-bond donors (Lipinski definition) is 1. The van der Waals surface area contributed by atoms with Crippen LogP contribution in [0.3, 0.4) is 0 Å². The molecule has 4 rings (SSSR count). The molecule has 1 aliphatic rings. The smallest absolute Gasteiger partial charge is 0.137 e. The Morgan fingerprint density at radius 3 is 2.70 bits per heavy atom. The number of ether oxygens (including phenoxy) is 1. The van der Waals surface area contributed by atoms with Crippen molar-refractivity contribution in [3.8, 4) is 5.75 Å². The van der Waals surface area contributed by atoms with Gasteiger partial charge in [-0.2, -0.15) is 0 Å². The molecule has 0 saturated carbocycles. The van der Waals surface area contributed by atoms with E-state index in [0.717, 1.165) is 57.2 Å². The highest BCUT2D eigenvalue weighted by Gasteiger charge is 2.18. The van der Waals surface area contributed by atoms with E-state index in [1.54, 1.807) is 6.20 Å². The summed E-state index contributed by atoms with van der Waals surface area (Å²) < 4.78 is 5.78. The van der Waals surface area contributed by atoms with Gasteiger partial charge in [-0.1, -0.05) is 6.07 Å². The van der Waals surface area contributed by atoms with Gasteiger partial charge in [0.1, 0.15) is 5.75 Å². The lowest BCUT2D eigenvalue weighted by Gasteiger charge is -2.36. The fourth-order valence-electron chi connectivity index (χ4n) is 3.57. The van der Waals surface area contributed by atoms with E-state index in [4.69, 9.17) is 4.74 Å². The van der Waals surface area contributed by atoms with E-state index in [1.165, 1.54) is 16.6 Å². The minimum absolute atomic E-state index is 0. The predicted molar refractivity (Wildman–Crippen MR) is 113 cm³/mol. The van der Waals surface area contributed by atoms with Crippen LogP contribution in [0.25, 0.3) is 10.9 Å². The largest absolute Gasteiger partial charge is 0.492 e. The van der Waals surface area contributed by atoms with Gasteiger partial charge in [0.25, 0.3) is 0 Å². The van der Waals surface area contributed by atoms with Gasteiger partial charge < -0.3 is 14.6 Å². The number of fused-ring (bicyclic) bond motifs is 1. The standard InChI is InChI=1S/C21H26N4O.ClH/c1-17-6-7-18(16-23-17)26-15-3-10-24-11-13-25(14-12-24)21-5-2-4-20-19(21)8-9-22-20;/h2,4-9,16,22H,3,10-15H2,1H3;1H. The lowest BCUT2D eigenvalue weighted by atomic mass is 10.1. The van der Waals surface area contributed by atoms with E-state index in [1.807, 2.05) is 25.3 Å². The van der Waals surface area contributed by atoms with Crippen molar-refractivity contribution < 1.29 is 4.74 Å². The average Bonchev–Trinajstić information content (AvgIpc) is 3.16. The van der Waals surface area contributed by atoms with Gasteiger partial charge in [0.15, 0.2) is 0 Å². The summed E-state index contributed by atoms with van der Waals surface area (Å²) in [6, 6.07) is 12.7. The lowest BCUT2D eigenvalue weighted by molar-refractivity contribution is 0.224. The van der Waals surface area contributed by atoms with Gasteiger partial charge in [0, 0.05) is 61.2 Å². The summed E-state index contributed by atoms with van der Waals surface area (Å²) >= 11 is 0. The van der Waals surface area contributed by atoms with E-state index >= 15 is 0 Å². The van der Waals surface area contributed by atoms with Crippen LogP contribution in [0.15, 0.2) is 48.8 Å². The van der Waals surface area contributed by atoms with Crippen LogP contribution in [0, 0.1) is 6.92 Å². The molecule has 0 amide bonds. The van der Waals surface area contributed by atoms with Crippen molar-refractivity contribution in [1.29, 1.82) is 0 Å². The third-order valence-corrected chi connectivity index (χ3v) is 5.06. The molecule has 1 N–H and O–H groups in total. The second-order valence-electron chi connectivity index (χ2n) is 6.88. The Labute approximate surface area is 166 Å². The number of aryl methyl sites for hydroxylation is 1. The quantitative estimate of drug-likeness (QED) is 0.653. The number of H-pyrrole nitrogens is 1. The molecule has 5 nitrogen and oxygen atoms in total. The first-order valence-electron chi connectivity index (χ1n) is 9.38. The summed E-state index contributed by atoms with van der Waals surface area (Å²) in [5.41, 5.74) is 3.58. The van der Waals surface area contributed by atoms with Crippen molar-refractivity contribution in [3.63, 3.8) is 0 Å². The molecular formula is C21H27ClN4O. The van der Waals surface area contributed by atoms with Gasteiger partial charge in [-0.3, -0.25) is 9.88 Å². The first-order valence-corrected chi connectivity index (χ1v) is 9.38. The maximum atomic E-state index is 5.78. The molecule has 0 aliphatic carbocycles. The Morgan fingerprint density at radius 2 is 1.93 bits per heavy atom. The molecular weight excluding hydrogens is 360 g/mol. The summed E-state index contributed by atoms with van der Waals surface area (Å²) in [5.74, 6) is 0.861. The molecule has 144 valence electrons. The summed E-state index contributed by atoms with van der Waals surface area (Å²) in [5, 5.41) is 1.32. The van der Waals surface area contributed by atoms with Crippen molar-refractivity contribution in [2.75, 3.05) is 44.2 Å². The number of rotatable bonds is 6. The molecule has 3 heterocycles. The molecule has 0 unspecified atom stereocenters. The van der Waals surface area contributed by atoms with Crippen molar-refractivity contribution >= 4 is 29.0 Å². The van der Waals surface area contributed by atoms with Crippen LogP contribution >= 0.6 is 12.4 Å². The fraction of sp³-hybridized carbons (Fsp3) is 0.381. The number of benzene rings is 1. The minimum Gasteiger partial charge on any atom is -0.492 e. The van der Waals surface area contributed by atoms with Crippen LogP contribution in [0.4, 0.5) is 5.69 Å². The zero-order valence-corrected chi connectivity index (χ0v) is 16.5. The normalized spacial score (nSPS) is 14.9. The zero-order chi connectivity index (χ0) is 17.8. The molecule has 0 bridgehead atoms. The molecule has 1 saturated heterocycles. The van der Waals surface area contributed by atoms with Crippen LogP contribution in [-0.4, -0.2) is 54.2 Å². The lowest BCUT2D eigenvalue weighted by Crippen LogP contribution is -2.46. The van der Waals surface area contributed by atoms with Crippen LogP contribution in [0.1, 0.15) is 12.1 Å². The number of hydrogen-bond acceptors (Lipinski definition) is 4. The van der Waals surface area contributed by atoms with Crippen LogP contribution in [0.5, 0.6) is 5.75 Å². The molecule has 1 fully saturated rings. The van der Waals surface area contributed by atoms with Gasteiger partial charge in [-0.25, -0.2) is 0 Å². The zero-order valence-electron chi connectivity index (χ0n) is 15.7. The van der Waals surface area contributed by atoms with Crippen molar-refractivity contribution in [1.82, 2.24) is 14.9 Å². The van der Waals surface area contributed by atoms with Gasteiger partial charge in [0.05, 0.1) is 12.8 Å². The van der Waals surface area contributed by atoms with E-state index in [9.17, 15) is 0 Å². The summed E-state index contributed by atoms with van der Waals surface area (Å²) in [6.45, 7) is 8.18. The van der Waals surface area contributed by atoms with Crippen molar-refractivity contribution in [2.24, 2.45) is 0 Å². The third kappa shape index (κ3) is 4.73. The Hall–Kier alpha value is -2.24. The van der Waals surface area contributed by atoms with E-state index in [0.29, 0.717) is 0 Å². The highest BCUT2D eigenvalue weighted by atomic mass is 35.5. The van der Waals surface area contributed by atoms with Crippen LogP contribution in [-0.2, 0) is 0 Å². The number of aromatic nitrogens is 2. The number of anilines is 1. The Kier molecular flexibility index (Phi) is 6.58. The Bertz CT molecular complexity index is 841. The average molecular weight is 387 g/mol. The van der Waals surface area contributed by atoms with E-state index < -0.39 is 0 Å². The second-order valence-corrected chi connectivity index (χ2v) is 6.88. The van der Waals surface area contributed by atoms with Crippen molar-refractivity contribution in [3.05, 3.63) is 54.5 Å². The van der Waals surface area contributed by atoms with Crippen LogP contribution in [0.2, 0.25) is 0 Å². The molecule has 6 heteroatoms. The molecule has 1 aliphatic heterocycles. The predicted octanol–water partition coefficient (Wildman–Crippen LogP) is 3.88. The minimum atomic E-state index is 0. The highest BCUT2D eigenvalue weighted by molar-refractivity contribution is 5.92. The maximum absolute atomic E-state index is 5.78. The molecule has 1 aromatic carbocycles. The van der Waals surface area contributed by atoms with Crippen molar-refractivity contribution in [2.45, 2.75) is 13.3 Å². The van der Waals surface area contributed by atoms with Gasteiger partial charge >= 0.3 is 0 Å². The first-order chi connectivity index (χ1) is 12.8. The first kappa shape index (κ1) is 19.5. The second kappa shape index (κ2) is 9.11. The SMILES string of the molecule is Cc1ccc(OCCCN2CCN(c3cccc4[nH]ccc34)CC2)cn1.Cl. The number of nitrogens with one attached hydrogen (secondary N) is 1. The van der Waals surface area contributed by atoms with E-state index in [-0.39, 0.29) is 12.4 Å². The molecule has 3 aromatic rings. The number of piperazine rings is 1. The fourth-order valence-corrected chi connectivity index (χ4v) is 3.57. The number of aromatic amines is 1. The Morgan fingerprint density at radius 1 is 1.07 bits per heavy atom. The van der Waals surface area contributed by atoms with Crippen LogP contribution < -0.4 is 9.64 Å². The number of halogens is 1. The monoisotopic (exact) mass is 386 g/mol. The summed E-state index contributed by atoms with van der Waals surface area (Å²) in [6.07, 6.45) is 4.87. The third-order valence-electron chi connectivity index (χ3n) is 5.06. The topological polar surface area (TPSA) is 44.4 Å². The molecule has 0 spiro atoms. The highest BCUT2D eigenvalue weighted by Crippen LogP contribution is 2.26. The number of pyridine rings is 1. The maximum Gasteiger partial charge on any atom is 0.137 e. The summed E-state index contributed by atoms with van der Waals surface area (Å²) in [7, 11) is 0. The molecule has 0 radical (unpaired) electrons. The molecule has 27 heavy (non-hydrogen) atoms. The Balaban J connectivity index is 0.00000210. The van der Waals surface area contributed by atoms with Gasteiger partial charge in [-0.05, 0) is 43.7 Å². The number of nitrogens with zero attached hydrogens (tertiary/aromatic N) is 3. The van der Waals surface area contributed by atoms with Gasteiger partial charge in [-0.15, -0.1) is 12.4 Å².